The van der Waals surface area contributed by atoms with Crippen molar-refractivity contribution in [1.29, 1.82) is 0 Å². The molecule has 4 aliphatic carbocycles. The Hall–Kier alpha value is -1.31. The highest BCUT2D eigenvalue weighted by molar-refractivity contribution is 5.89. The first-order valence-electron chi connectivity index (χ1n) is 9.53. The standard InChI is InChI=1S/C21H28O2/c1-2-3-4-14-5-7-17(8-6-14)21(22)23-20-18-10-15-9-16(12-18)13-19(20)11-15/h5-8,15-16,18-20H,2-4,9-13H2,1H3. The highest BCUT2D eigenvalue weighted by Crippen LogP contribution is 2.54. The highest BCUT2D eigenvalue weighted by Gasteiger charge is 2.49. The van der Waals surface area contributed by atoms with Gasteiger partial charge in [0.25, 0.3) is 0 Å². The average molecular weight is 312 g/mol. The van der Waals surface area contributed by atoms with E-state index in [0.717, 1.165) is 23.8 Å². The third-order valence-electron chi connectivity index (χ3n) is 6.39. The lowest BCUT2D eigenvalue weighted by atomic mass is 9.55. The molecule has 0 spiro atoms. The molecule has 0 atom stereocenters. The van der Waals surface area contributed by atoms with Crippen LogP contribution in [0.3, 0.4) is 0 Å². The van der Waals surface area contributed by atoms with Gasteiger partial charge < -0.3 is 4.74 Å². The van der Waals surface area contributed by atoms with E-state index in [1.165, 1.54) is 50.5 Å². The number of aryl methyl sites for hydroxylation is 1. The van der Waals surface area contributed by atoms with Crippen LogP contribution in [0.2, 0.25) is 0 Å². The van der Waals surface area contributed by atoms with Gasteiger partial charge in [0.2, 0.25) is 0 Å². The third-order valence-corrected chi connectivity index (χ3v) is 6.39. The molecule has 4 saturated carbocycles. The fraction of sp³-hybridized carbons (Fsp3) is 0.667. The van der Waals surface area contributed by atoms with Gasteiger partial charge in [0.1, 0.15) is 6.10 Å². The second kappa shape index (κ2) is 6.30. The number of hydrogen-bond donors (Lipinski definition) is 0. The van der Waals surface area contributed by atoms with Gasteiger partial charge in [-0.2, -0.15) is 0 Å². The number of carbonyl (C=O) groups is 1. The first kappa shape index (κ1) is 15.2. The van der Waals surface area contributed by atoms with Gasteiger partial charge in [-0.3, -0.25) is 0 Å². The molecule has 0 unspecified atom stereocenters. The number of carbonyl (C=O) groups excluding carboxylic acids is 1. The lowest BCUT2D eigenvalue weighted by Gasteiger charge is -2.53. The summed E-state index contributed by atoms with van der Waals surface area (Å²) in [6.45, 7) is 2.21. The van der Waals surface area contributed by atoms with E-state index in [1.54, 1.807) is 0 Å². The summed E-state index contributed by atoms with van der Waals surface area (Å²) in [6, 6.07) is 8.07. The molecule has 0 aromatic heterocycles. The van der Waals surface area contributed by atoms with Crippen molar-refractivity contribution in [2.45, 2.75) is 64.4 Å². The lowest BCUT2D eigenvalue weighted by Crippen LogP contribution is -2.50. The number of rotatable bonds is 5. The van der Waals surface area contributed by atoms with E-state index in [-0.39, 0.29) is 12.1 Å². The molecule has 4 bridgehead atoms. The summed E-state index contributed by atoms with van der Waals surface area (Å²) >= 11 is 0. The summed E-state index contributed by atoms with van der Waals surface area (Å²) in [7, 11) is 0. The maximum absolute atomic E-state index is 12.5. The van der Waals surface area contributed by atoms with Crippen LogP contribution in [0, 0.1) is 23.7 Å². The second-order valence-electron chi connectivity index (χ2n) is 8.10. The molecule has 4 fully saturated rings. The fourth-order valence-electron chi connectivity index (χ4n) is 5.45. The molecule has 0 amide bonds. The predicted octanol–water partition coefficient (Wildman–Crippen LogP) is 5.01. The largest absolute Gasteiger partial charge is 0.458 e. The molecule has 0 radical (unpaired) electrons. The monoisotopic (exact) mass is 312 g/mol. The minimum atomic E-state index is -0.107. The Kier molecular flexibility index (Phi) is 4.17. The number of benzene rings is 1. The van der Waals surface area contributed by atoms with Gasteiger partial charge in [0, 0.05) is 0 Å². The van der Waals surface area contributed by atoms with Gasteiger partial charge in [-0.25, -0.2) is 4.79 Å². The molecule has 23 heavy (non-hydrogen) atoms. The quantitative estimate of drug-likeness (QED) is 0.714. The van der Waals surface area contributed by atoms with Crippen LogP contribution in [-0.2, 0) is 11.2 Å². The van der Waals surface area contributed by atoms with Crippen LogP contribution in [0.1, 0.15) is 67.8 Å². The maximum atomic E-state index is 12.5. The van der Waals surface area contributed by atoms with E-state index in [1.807, 2.05) is 12.1 Å². The van der Waals surface area contributed by atoms with Gasteiger partial charge in [0.15, 0.2) is 0 Å². The van der Waals surface area contributed by atoms with E-state index >= 15 is 0 Å². The van der Waals surface area contributed by atoms with Crippen molar-refractivity contribution in [2.75, 3.05) is 0 Å². The molecule has 0 aliphatic heterocycles. The molecule has 2 heteroatoms. The van der Waals surface area contributed by atoms with Crippen LogP contribution in [0.25, 0.3) is 0 Å². The van der Waals surface area contributed by atoms with Gasteiger partial charge in [-0.05, 0) is 86.3 Å². The zero-order chi connectivity index (χ0) is 15.8. The van der Waals surface area contributed by atoms with Gasteiger partial charge >= 0.3 is 5.97 Å². The maximum Gasteiger partial charge on any atom is 0.338 e. The molecular formula is C21H28O2. The molecule has 124 valence electrons. The molecule has 0 saturated heterocycles. The zero-order valence-corrected chi connectivity index (χ0v) is 14.2. The van der Waals surface area contributed by atoms with Gasteiger partial charge in [0.05, 0.1) is 5.56 Å². The van der Waals surface area contributed by atoms with Crippen LogP contribution >= 0.6 is 0 Å². The van der Waals surface area contributed by atoms with Gasteiger partial charge in [-0.1, -0.05) is 25.5 Å². The van der Waals surface area contributed by atoms with E-state index in [9.17, 15) is 4.79 Å². The Labute approximate surface area is 139 Å². The number of ether oxygens (including phenoxy) is 1. The van der Waals surface area contributed by atoms with E-state index in [2.05, 4.69) is 19.1 Å². The number of esters is 1. The average Bonchev–Trinajstić information content (AvgIpc) is 2.56. The Bertz CT molecular complexity index is 532. The smallest absolute Gasteiger partial charge is 0.338 e. The van der Waals surface area contributed by atoms with Crippen LogP contribution in [0.5, 0.6) is 0 Å². The van der Waals surface area contributed by atoms with E-state index in [4.69, 9.17) is 4.74 Å². The first-order valence-corrected chi connectivity index (χ1v) is 9.53. The van der Waals surface area contributed by atoms with Crippen molar-refractivity contribution in [3.05, 3.63) is 35.4 Å². The van der Waals surface area contributed by atoms with Crippen molar-refractivity contribution in [3.63, 3.8) is 0 Å². The summed E-state index contributed by atoms with van der Waals surface area (Å²) in [6.07, 6.45) is 10.3. The van der Waals surface area contributed by atoms with Crippen molar-refractivity contribution >= 4 is 5.97 Å². The summed E-state index contributed by atoms with van der Waals surface area (Å²) in [5.41, 5.74) is 2.04. The Morgan fingerprint density at radius 1 is 1.00 bits per heavy atom. The molecule has 2 nitrogen and oxygen atoms in total. The molecule has 0 heterocycles. The number of unbranched alkanes of at least 4 members (excludes halogenated alkanes) is 1. The highest BCUT2D eigenvalue weighted by atomic mass is 16.5. The minimum Gasteiger partial charge on any atom is -0.458 e. The first-order chi connectivity index (χ1) is 11.2. The Balaban J connectivity index is 1.40. The molecule has 0 N–H and O–H groups in total. The Morgan fingerprint density at radius 2 is 1.61 bits per heavy atom. The summed E-state index contributed by atoms with van der Waals surface area (Å²) in [5.74, 6) is 3.01. The summed E-state index contributed by atoms with van der Waals surface area (Å²) < 4.78 is 6.00. The normalized spacial score (nSPS) is 34.6. The topological polar surface area (TPSA) is 26.3 Å². The van der Waals surface area contributed by atoms with Gasteiger partial charge in [-0.15, -0.1) is 0 Å². The van der Waals surface area contributed by atoms with Crippen LogP contribution in [0.15, 0.2) is 24.3 Å². The summed E-state index contributed by atoms with van der Waals surface area (Å²) in [5, 5.41) is 0. The van der Waals surface area contributed by atoms with E-state index < -0.39 is 0 Å². The molecule has 5 rings (SSSR count). The summed E-state index contributed by atoms with van der Waals surface area (Å²) in [4.78, 5) is 12.5. The van der Waals surface area contributed by atoms with Crippen molar-refractivity contribution in [1.82, 2.24) is 0 Å². The molecule has 4 aliphatic rings. The van der Waals surface area contributed by atoms with E-state index in [0.29, 0.717) is 11.8 Å². The minimum absolute atomic E-state index is 0.107. The number of hydrogen-bond acceptors (Lipinski definition) is 2. The molecular weight excluding hydrogens is 284 g/mol. The zero-order valence-electron chi connectivity index (χ0n) is 14.2. The van der Waals surface area contributed by atoms with Crippen LogP contribution in [-0.4, -0.2) is 12.1 Å². The Morgan fingerprint density at radius 3 is 2.17 bits per heavy atom. The lowest BCUT2D eigenvalue weighted by molar-refractivity contribution is -0.101. The predicted molar refractivity (Wildman–Crippen MR) is 91.3 cm³/mol. The van der Waals surface area contributed by atoms with Crippen molar-refractivity contribution in [3.8, 4) is 0 Å². The van der Waals surface area contributed by atoms with Crippen molar-refractivity contribution < 1.29 is 9.53 Å². The molecule has 1 aromatic rings. The fourth-order valence-corrected chi connectivity index (χ4v) is 5.45. The van der Waals surface area contributed by atoms with Crippen LogP contribution < -0.4 is 0 Å². The third kappa shape index (κ3) is 3.05. The second-order valence-corrected chi connectivity index (χ2v) is 8.10. The van der Waals surface area contributed by atoms with Crippen LogP contribution in [0.4, 0.5) is 0 Å². The van der Waals surface area contributed by atoms with Crippen molar-refractivity contribution in [2.24, 2.45) is 23.7 Å². The SMILES string of the molecule is CCCCc1ccc(C(=O)OC2C3CC4CC(C3)CC2C4)cc1. The molecule has 1 aromatic carbocycles.